The molecular weight excluding hydrogens is 502 g/mol. The monoisotopic (exact) mass is 529 g/mol. The molecule has 1 N–H and O–H groups in total. The number of aryl methyl sites for hydroxylation is 2. The van der Waals surface area contributed by atoms with Crippen molar-refractivity contribution in [2.24, 2.45) is 0 Å². The number of carbonyl (C=O) groups excluding carboxylic acids is 2. The SMILES string of the molecule is Cc1cc(NC(=O)C(OC(=O)c2ccccc2)c2ccc(Br)cc2)c2c(C)ccc(C(C)C)cc1-2. The van der Waals surface area contributed by atoms with Gasteiger partial charge in [-0.1, -0.05) is 78.3 Å². The van der Waals surface area contributed by atoms with Gasteiger partial charge in [0.15, 0.2) is 0 Å². The van der Waals surface area contributed by atoms with Gasteiger partial charge in [0.25, 0.3) is 5.91 Å². The molecule has 0 spiro atoms. The first-order valence-electron chi connectivity index (χ1n) is 11.6. The zero-order valence-electron chi connectivity index (χ0n) is 20.3. The molecule has 0 heterocycles. The molecule has 1 amide bonds. The van der Waals surface area contributed by atoms with Crippen LogP contribution in [0, 0.1) is 13.8 Å². The van der Waals surface area contributed by atoms with Gasteiger partial charge in [-0.15, -0.1) is 0 Å². The van der Waals surface area contributed by atoms with Crippen LogP contribution in [0.1, 0.15) is 58.5 Å². The Labute approximate surface area is 214 Å². The number of benzene rings is 2. The van der Waals surface area contributed by atoms with E-state index >= 15 is 0 Å². The molecule has 178 valence electrons. The zero-order valence-corrected chi connectivity index (χ0v) is 21.8. The van der Waals surface area contributed by atoms with Crippen molar-refractivity contribution in [1.82, 2.24) is 0 Å². The first kappa shape index (κ1) is 24.7. The van der Waals surface area contributed by atoms with E-state index < -0.39 is 18.0 Å². The summed E-state index contributed by atoms with van der Waals surface area (Å²) in [6.07, 6.45) is -1.11. The number of halogens is 1. The predicted octanol–water partition coefficient (Wildman–Crippen LogP) is 7.83. The summed E-state index contributed by atoms with van der Waals surface area (Å²) in [5.41, 5.74) is 7.17. The number of fused-ring (bicyclic) bond motifs is 1. The van der Waals surface area contributed by atoms with E-state index in [4.69, 9.17) is 4.74 Å². The van der Waals surface area contributed by atoms with Crippen LogP contribution >= 0.6 is 15.9 Å². The summed E-state index contributed by atoms with van der Waals surface area (Å²) in [6.45, 7) is 8.43. The fourth-order valence-corrected chi connectivity index (χ4v) is 4.42. The second-order valence-corrected chi connectivity index (χ2v) is 9.95. The van der Waals surface area contributed by atoms with E-state index in [2.05, 4.69) is 53.3 Å². The third-order valence-electron chi connectivity index (χ3n) is 6.13. The molecule has 2 aliphatic rings. The second-order valence-electron chi connectivity index (χ2n) is 9.04. The summed E-state index contributed by atoms with van der Waals surface area (Å²) in [5, 5.41) is 3.05. The van der Waals surface area contributed by atoms with Gasteiger partial charge in [0.1, 0.15) is 0 Å². The number of ether oxygens (including phenoxy) is 1. The second kappa shape index (κ2) is 10.4. The molecule has 2 aromatic rings. The van der Waals surface area contributed by atoms with E-state index in [9.17, 15) is 9.59 Å². The van der Waals surface area contributed by atoms with Gasteiger partial charge < -0.3 is 10.1 Å². The Morgan fingerprint density at radius 2 is 1.49 bits per heavy atom. The normalized spacial score (nSPS) is 11.9. The molecule has 4 nitrogen and oxygen atoms in total. The van der Waals surface area contributed by atoms with E-state index in [0.29, 0.717) is 22.7 Å². The Kier molecular flexibility index (Phi) is 7.37. The largest absolute Gasteiger partial charge is 0.444 e. The van der Waals surface area contributed by atoms with E-state index in [1.54, 1.807) is 36.4 Å². The van der Waals surface area contributed by atoms with Crippen molar-refractivity contribution in [3.05, 3.63) is 111 Å². The number of hydrogen-bond acceptors (Lipinski definition) is 3. The zero-order chi connectivity index (χ0) is 25.1. The van der Waals surface area contributed by atoms with E-state index in [-0.39, 0.29) is 0 Å². The minimum atomic E-state index is -1.11. The number of rotatable bonds is 6. The van der Waals surface area contributed by atoms with Gasteiger partial charge in [-0.25, -0.2) is 4.79 Å². The lowest BCUT2D eigenvalue weighted by atomic mass is 10.0. The van der Waals surface area contributed by atoms with Crippen LogP contribution in [0.2, 0.25) is 0 Å². The summed E-state index contributed by atoms with van der Waals surface area (Å²) >= 11 is 3.42. The fraction of sp³-hybridized carbons (Fsp3) is 0.200. The Balaban J connectivity index is 1.69. The average Bonchev–Trinajstić information content (AvgIpc) is 3.02. The van der Waals surface area contributed by atoms with Crippen LogP contribution in [0.15, 0.2) is 83.3 Å². The van der Waals surface area contributed by atoms with Crippen molar-refractivity contribution in [3.63, 3.8) is 0 Å². The Bertz CT molecular complexity index is 1330. The van der Waals surface area contributed by atoms with Crippen LogP contribution in [0.3, 0.4) is 0 Å². The maximum Gasteiger partial charge on any atom is 0.339 e. The van der Waals surface area contributed by atoms with E-state index in [0.717, 1.165) is 26.7 Å². The highest BCUT2D eigenvalue weighted by molar-refractivity contribution is 9.10. The number of hydrogen-bond donors (Lipinski definition) is 1. The number of carbonyl (C=O) groups is 2. The van der Waals surface area contributed by atoms with Crippen LogP contribution in [-0.4, -0.2) is 11.9 Å². The first-order valence-corrected chi connectivity index (χ1v) is 12.4. The van der Waals surface area contributed by atoms with E-state index in [1.807, 2.05) is 38.1 Å². The highest BCUT2D eigenvalue weighted by Gasteiger charge is 2.28. The maximum absolute atomic E-state index is 13.6. The molecule has 0 radical (unpaired) electrons. The number of anilines is 1. The molecule has 0 bridgehead atoms. The summed E-state index contributed by atoms with van der Waals surface area (Å²) in [4.78, 5) is 26.4. The van der Waals surface area contributed by atoms with Crippen LogP contribution in [0.5, 0.6) is 0 Å². The molecule has 4 rings (SSSR count). The van der Waals surface area contributed by atoms with Gasteiger partial charge in [-0.2, -0.15) is 0 Å². The molecule has 2 aliphatic carbocycles. The Morgan fingerprint density at radius 1 is 0.829 bits per heavy atom. The summed E-state index contributed by atoms with van der Waals surface area (Å²) in [7, 11) is 0. The van der Waals surface area contributed by atoms with Crippen molar-refractivity contribution in [2.75, 3.05) is 5.32 Å². The van der Waals surface area contributed by atoms with Gasteiger partial charge in [0.05, 0.1) is 5.56 Å². The van der Waals surface area contributed by atoms with Gasteiger partial charge in [-0.05, 0) is 72.4 Å². The summed E-state index contributed by atoms with van der Waals surface area (Å²) in [5.74, 6) is -0.573. The van der Waals surface area contributed by atoms with Crippen molar-refractivity contribution in [3.8, 4) is 11.1 Å². The number of amides is 1. The highest BCUT2D eigenvalue weighted by atomic mass is 79.9. The topological polar surface area (TPSA) is 55.4 Å². The first-order chi connectivity index (χ1) is 16.7. The molecule has 1 unspecified atom stereocenters. The lowest BCUT2D eigenvalue weighted by Gasteiger charge is -2.19. The Hall–Kier alpha value is -3.44. The van der Waals surface area contributed by atoms with Gasteiger partial charge in [0.2, 0.25) is 6.10 Å². The van der Waals surface area contributed by atoms with Crippen molar-refractivity contribution in [1.29, 1.82) is 0 Å². The van der Waals surface area contributed by atoms with E-state index in [1.165, 1.54) is 5.56 Å². The summed E-state index contributed by atoms with van der Waals surface area (Å²) in [6, 6.07) is 24.3. The van der Waals surface area contributed by atoms with Crippen LogP contribution < -0.4 is 5.32 Å². The smallest absolute Gasteiger partial charge is 0.339 e. The maximum atomic E-state index is 13.6. The molecule has 0 saturated heterocycles. The number of esters is 1. The highest BCUT2D eigenvalue weighted by Crippen LogP contribution is 2.40. The third kappa shape index (κ3) is 5.46. The lowest BCUT2D eigenvalue weighted by Crippen LogP contribution is -2.26. The van der Waals surface area contributed by atoms with Crippen LogP contribution in [-0.2, 0) is 9.53 Å². The van der Waals surface area contributed by atoms with Crippen molar-refractivity contribution >= 4 is 33.5 Å². The molecular formula is C30H28BrNO3. The van der Waals surface area contributed by atoms with Crippen molar-refractivity contribution < 1.29 is 14.3 Å². The van der Waals surface area contributed by atoms with Gasteiger partial charge in [-0.3, -0.25) is 4.79 Å². The van der Waals surface area contributed by atoms with Crippen molar-refractivity contribution in [2.45, 2.75) is 39.7 Å². The average molecular weight is 530 g/mol. The molecule has 0 saturated carbocycles. The molecule has 1 atom stereocenters. The van der Waals surface area contributed by atoms with Gasteiger partial charge in [0, 0.05) is 21.3 Å². The summed E-state index contributed by atoms with van der Waals surface area (Å²) < 4.78 is 6.62. The van der Waals surface area contributed by atoms with Gasteiger partial charge >= 0.3 is 5.97 Å². The van der Waals surface area contributed by atoms with Crippen LogP contribution in [0.4, 0.5) is 5.69 Å². The quantitative estimate of drug-likeness (QED) is 0.259. The predicted molar refractivity (Wildman–Crippen MR) is 144 cm³/mol. The molecule has 2 aromatic carbocycles. The molecule has 0 fully saturated rings. The molecule has 5 heteroatoms. The third-order valence-corrected chi connectivity index (χ3v) is 6.65. The lowest BCUT2D eigenvalue weighted by molar-refractivity contribution is -0.125. The molecule has 0 aromatic heterocycles. The fourth-order valence-electron chi connectivity index (χ4n) is 4.15. The minimum absolute atomic E-state index is 0.386. The Morgan fingerprint density at radius 3 is 2.14 bits per heavy atom. The molecule has 35 heavy (non-hydrogen) atoms. The van der Waals surface area contributed by atoms with Crippen LogP contribution in [0.25, 0.3) is 11.1 Å². The minimum Gasteiger partial charge on any atom is -0.444 e. The standard InChI is InChI=1S/C30H28BrNO3/c1-18(2)23-11-10-19(3)27-25(17-23)20(4)16-26(27)32-29(33)28(21-12-14-24(31)15-13-21)35-30(34)22-8-6-5-7-9-22/h5-18,28H,1-4H3,(H,32,33). The number of nitrogens with one attached hydrogen (secondary N) is 1. The molecule has 0 aliphatic heterocycles.